The number of aliphatic hydroxyl groups excluding tert-OH is 1. The lowest BCUT2D eigenvalue weighted by atomic mass is 10.2. The molecule has 3 heteroatoms. The highest BCUT2D eigenvalue weighted by Crippen LogP contribution is 2.20. The molecule has 1 N–H and O–H groups in total. The Bertz CT molecular complexity index is 964. The van der Waals surface area contributed by atoms with Crippen molar-refractivity contribution >= 4 is 21.8 Å². The first kappa shape index (κ1) is 14.1. The average Bonchev–Trinajstić information content (AvgIpc) is 3.10. The molecule has 0 radical (unpaired) electrons. The van der Waals surface area contributed by atoms with Gasteiger partial charge in [0.1, 0.15) is 0 Å². The van der Waals surface area contributed by atoms with Crippen LogP contribution in [-0.4, -0.2) is 20.3 Å². The van der Waals surface area contributed by atoms with Gasteiger partial charge in [-0.25, -0.2) is 0 Å². The van der Waals surface area contributed by atoms with E-state index in [1.54, 1.807) is 0 Å². The lowest BCUT2D eigenvalue weighted by Crippen LogP contribution is -2.22. The van der Waals surface area contributed by atoms with Crippen LogP contribution in [0.15, 0.2) is 66.9 Å². The molecule has 0 spiro atoms. The minimum absolute atomic E-state index is 0.430. The number of hydrogen-bond acceptors (Lipinski definition) is 1. The summed E-state index contributed by atoms with van der Waals surface area (Å²) in [7, 11) is 0. The molecule has 0 aliphatic heterocycles. The fourth-order valence-electron chi connectivity index (χ4n) is 3.39. The molecular weight excluding hydrogens is 284 g/mol. The van der Waals surface area contributed by atoms with Crippen LogP contribution in [0.3, 0.4) is 0 Å². The molecule has 1 unspecified atom stereocenters. The predicted molar refractivity (Wildman–Crippen MR) is 94.6 cm³/mol. The SMILES string of the molecule is Cc1cc2ccccc2n1CC(O)Cn1ccc2ccccc21. The van der Waals surface area contributed by atoms with Crippen LogP contribution in [0.2, 0.25) is 0 Å². The van der Waals surface area contributed by atoms with Gasteiger partial charge in [0.25, 0.3) is 0 Å². The normalized spacial score (nSPS) is 13.0. The number of rotatable bonds is 4. The first-order valence-corrected chi connectivity index (χ1v) is 7.99. The van der Waals surface area contributed by atoms with Crippen LogP contribution >= 0.6 is 0 Å². The van der Waals surface area contributed by atoms with E-state index in [1.165, 1.54) is 27.5 Å². The van der Waals surface area contributed by atoms with Crippen molar-refractivity contribution < 1.29 is 5.11 Å². The van der Waals surface area contributed by atoms with Gasteiger partial charge in [-0.3, -0.25) is 0 Å². The maximum Gasteiger partial charge on any atom is 0.0897 e. The van der Waals surface area contributed by atoms with Gasteiger partial charge in [0.15, 0.2) is 0 Å². The zero-order chi connectivity index (χ0) is 15.8. The van der Waals surface area contributed by atoms with Gasteiger partial charge < -0.3 is 14.2 Å². The number of fused-ring (bicyclic) bond motifs is 2. The third-order valence-corrected chi connectivity index (χ3v) is 4.50. The molecule has 0 aliphatic rings. The summed E-state index contributed by atoms with van der Waals surface area (Å²) >= 11 is 0. The van der Waals surface area contributed by atoms with E-state index in [0.717, 1.165) is 0 Å². The smallest absolute Gasteiger partial charge is 0.0897 e. The molecular formula is C20H20N2O. The second kappa shape index (κ2) is 5.60. The van der Waals surface area contributed by atoms with Gasteiger partial charge in [-0.05, 0) is 42.0 Å². The third kappa shape index (κ3) is 2.53. The van der Waals surface area contributed by atoms with Crippen LogP contribution in [0.5, 0.6) is 0 Å². The van der Waals surface area contributed by atoms with E-state index in [0.29, 0.717) is 13.1 Å². The maximum atomic E-state index is 10.6. The Hall–Kier alpha value is -2.52. The lowest BCUT2D eigenvalue weighted by molar-refractivity contribution is 0.137. The van der Waals surface area contributed by atoms with Crippen LogP contribution in [0.25, 0.3) is 21.8 Å². The first-order valence-electron chi connectivity index (χ1n) is 7.99. The first-order chi connectivity index (χ1) is 11.2. The molecule has 0 saturated heterocycles. The van der Waals surface area contributed by atoms with Crippen LogP contribution in [-0.2, 0) is 13.1 Å². The summed E-state index contributed by atoms with van der Waals surface area (Å²) in [5.41, 5.74) is 3.53. The van der Waals surface area contributed by atoms with Gasteiger partial charge in [-0.2, -0.15) is 0 Å². The number of aromatic nitrogens is 2. The number of aliphatic hydroxyl groups is 1. The standard InChI is InChI=1S/C20H20N2O/c1-15-12-17-7-3-5-9-20(17)22(15)14-18(23)13-21-11-10-16-6-2-4-8-19(16)21/h2-12,18,23H,13-14H2,1H3. The molecule has 4 rings (SSSR count). The molecule has 2 heterocycles. The predicted octanol–water partition coefficient (Wildman–Crippen LogP) is 3.97. The molecule has 0 bridgehead atoms. The highest BCUT2D eigenvalue weighted by molar-refractivity contribution is 5.81. The number of para-hydroxylation sites is 2. The molecule has 2 aromatic carbocycles. The Morgan fingerprint density at radius 3 is 2.39 bits per heavy atom. The lowest BCUT2D eigenvalue weighted by Gasteiger charge is -2.16. The minimum atomic E-state index is -0.430. The zero-order valence-corrected chi connectivity index (χ0v) is 13.2. The van der Waals surface area contributed by atoms with Crippen molar-refractivity contribution in [2.45, 2.75) is 26.1 Å². The Kier molecular flexibility index (Phi) is 3.43. The fourth-order valence-corrected chi connectivity index (χ4v) is 3.39. The molecule has 0 fully saturated rings. The maximum absolute atomic E-state index is 10.6. The van der Waals surface area contributed by atoms with Crippen molar-refractivity contribution in [1.29, 1.82) is 0 Å². The van der Waals surface area contributed by atoms with Crippen molar-refractivity contribution in [2.24, 2.45) is 0 Å². The van der Waals surface area contributed by atoms with Crippen LogP contribution in [0, 0.1) is 6.92 Å². The highest BCUT2D eigenvalue weighted by atomic mass is 16.3. The summed E-state index contributed by atoms with van der Waals surface area (Å²) in [5.74, 6) is 0. The van der Waals surface area contributed by atoms with Crippen molar-refractivity contribution in [2.75, 3.05) is 0 Å². The monoisotopic (exact) mass is 304 g/mol. The molecule has 0 aliphatic carbocycles. The largest absolute Gasteiger partial charge is 0.389 e. The Morgan fingerprint density at radius 2 is 1.57 bits per heavy atom. The van der Waals surface area contributed by atoms with E-state index in [1.807, 2.05) is 18.2 Å². The minimum Gasteiger partial charge on any atom is -0.389 e. The molecule has 23 heavy (non-hydrogen) atoms. The van der Waals surface area contributed by atoms with E-state index in [-0.39, 0.29) is 0 Å². The Labute approximate surface area is 135 Å². The molecule has 3 nitrogen and oxygen atoms in total. The molecule has 4 aromatic rings. The van der Waals surface area contributed by atoms with Crippen LogP contribution in [0.4, 0.5) is 0 Å². The number of benzene rings is 2. The summed E-state index contributed by atoms with van der Waals surface area (Å²) in [6, 6.07) is 20.9. The molecule has 1 atom stereocenters. The van der Waals surface area contributed by atoms with Gasteiger partial charge >= 0.3 is 0 Å². The van der Waals surface area contributed by atoms with E-state index < -0.39 is 6.10 Å². The van der Waals surface area contributed by atoms with Crippen LogP contribution in [0.1, 0.15) is 5.69 Å². The topological polar surface area (TPSA) is 30.1 Å². The molecule has 0 saturated carbocycles. The molecule has 0 amide bonds. The van der Waals surface area contributed by atoms with E-state index >= 15 is 0 Å². The van der Waals surface area contributed by atoms with Crippen molar-refractivity contribution in [3.05, 3.63) is 72.6 Å². The Balaban J connectivity index is 1.60. The summed E-state index contributed by atoms with van der Waals surface area (Å²) in [5, 5.41) is 13.0. The fraction of sp³-hybridized carbons (Fsp3) is 0.200. The highest BCUT2D eigenvalue weighted by Gasteiger charge is 2.12. The van der Waals surface area contributed by atoms with Gasteiger partial charge in [0, 0.05) is 22.9 Å². The van der Waals surface area contributed by atoms with Gasteiger partial charge in [0.2, 0.25) is 0 Å². The summed E-state index contributed by atoms with van der Waals surface area (Å²) in [4.78, 5) is 0. The molecule has 2 aromatic heterocycles. The van der Waals surface area contributed by atoms with E-state index in [9.17, 15) is 5.11 Å². The van der Waals surface area contributed by atoms with Crippen LogP contribution < -0.4 is 0 Å². The number of hydrogen-bond donors (Lipinski definition) is 1. The number of nitrogens with zero attached hydrogens (tertiary/aromatic N) is 2. The van der Waals surface area contributed by atoms with Crippen molar-refractivity contribution in [1.82, 2.24) is 9.13 Å². The van der Waals surface area contributed by atoms with Gasteiger partial charge in [0.05, 0.1) is 19.2 Å². The summed E-state index contributed by atoms with van der Waals surface area (Å²) in [6.45, 7) is 3.29. The van der Waals surface area contributed by atoms with Gasteiger partial charge in [-0.1, -0.05) is 36.4 Å². The second-order valence-electron chi connectivity index (χ2n) is 6.14. The zero-order valence-electron chi connectivity index (χ0n) is 13.2. The van der Waals surface area contributed by atoms with E-state index in [2.05, 4.69) is 64.7 Å². The van der Waals surface area contributed by atoms with Crippen molar-refractivity contribution in [3.63, 3.8) is 0 Å². The summed E-state index contributed by atoms with van der Waals surface area (Å²) in [6.07, 6.45) is 1.62. The summed E-state index contributed by atoms with van der Waals surface area (Å²) < 4.78 is 4.33. The Morgan fingerprint density at radius 1 is 0.870 bits per heavy atom. The van der Waals surface area contributed by atoms with E-state index in [4.69, 9.17) is 0 Å². The average molecular weight is 304 g/mol. The second-order valence-corrected chi connectivity index (χ2v) is 6.14. The third-order valence-electron chi connectivity index (χ3n) is 4.50. The number of aryl methyl sites for hydroxylation is 1. The van der Waals surface area contributed by atoms with Gasteiger partial charge in [-0.15, -0.1) is 0 Å². The molecule has 116 valence electrons. The quantitative estimate of drug-likeness (QED) is 0.607. The van der Waals surface area contributed by atoms with Crippen molar-refractivity contribution in [3.8, 4) is 0 Å².